The van der Waals surface area contributed by atoms with Crippen LogP contribution in [-0.2, 0) is 9.59 Å². The molecule has 0 spiro atoms. The van der Waals surface area contributed by atoms with E-state index in [4.69, 9.17) is 5.11 Å². The number of aryl methyl sites for hydroxylation is 1. The Bertz CT molecular complexity index is 658. The molecule has 0 unspecified atom stereocenters. The fourth-order valence-electron chi connectivity index (χ4n) is 1.58. The summed E-state index contributed by atoms with van der Waals surface area (Å²) in [6, 6.07) is 7.54. The highest BCUT2D eigenvalue weighted by Crippen LogP contribution is 2.29. The summed E-state index contributed by atoms with van der Waals surface area (Å²) in [4.78, 5) is 27.2. The molecular formula is C14H11NO3S. The molecule has 2 heterocycles. The summed E-state index contributed by atoms with van der Waals surface area (Å²) >= 11 is 1.43. The highest BCUT2D eigenvalue weighted by atomic mass is 32.1. The lowest BCUT2D eigenvalue weighted by molar-refractivity contribution is -0.133. The number of hydrogen-bond acceptors (Lipinski definition) is 4. The second-order valence-corrected chi connectivity index (χ2v) is 5.03. The molecule has 0 aliphatic carbocycles. The van der Waals surface area contributed by atoms with Crippen LogP contribution in [0.4, 0.5) is 0 Å². The number of carbonyl (C=O) groups excluding carboxylic acids is 1. The molecule has 0 fully saturated rings. The molecule has 0 saturated heterocycles. The summed E-state index contributed by atoms with van der Waals surface area (Å²) in [5.41, 5.74) is 1.70. The zero-order valence-corrected chi connectivity index (χ0v) is 11.0. The number of thiophene rings is 1. The molecule has 0 saturated carbocycles. The van der Waals surface area contributed by atoms with E-state index < -0.39 is 5.97 Å². The molecule has 0 atom stereocenters. The van der Waals surface area contributed by atoms with Crippen LogP contribution in [0.25, 0.3) is 16.5 Å². The van der Waals surface area contributed by atoms with Crippen LogP contribution in [-0.4, -0.2) is 22.3 Å². The van der Waals surface area contributed by atoms with Crippen LogP contribution in [0, 0.1) is 6.92 Å². The molecule has 0 aliphatic heterocycles. The Morgan fingerprint density at radius 3 is 2.79 bits per heavy atom. The smallest absolute Gasteiger partial charge is 0.339 e. The molecule has 4 nitrogen and oxygen atoms in total. The summed E-state index contributed by atoms with van der Waals surface area (Å²) in [5, 5.41) is 8.79. The zero-order chi connectivity index (χ0) is 13.8. The normalized spacial score (nSPS) is 11.3. The number of aliphatic carboxylic acids is 1. The molecule has 2 rings (SSSR count). The third-order valence-corrected chi connectivity index (χ3v) is 3.56. The molecule has 2 aromatic rings. The number of aromatic nitrogens is 1. The van der Waals surface area contributed by atoms with E-state index in [1.165, 1.54) is 17.4 Å². The molecule has 1 N–H and O–H groups in total. The van der Waals surface area contributed by atoms with Crippen molar-refractivity contribution in [2.75, 3.05) is 0 Å². The maximum atomic E-state index is 10.8. The second-order valence-electron chi connectivity index (χ2n) is 3.91. The Kier molecular flexibility index (Phi) is 3.87. The van der Waals surface area contributed by atoms with Crippen LogP contribution in [0.5, 0.6) is 0 Å². The molecule has 2 aromatic heterocycles. The van der Waals surface area contributed by atoms with Crippen LogP contribution in [0.3, 0.4) is 0 Å². The fraction of sp³-hybridized carbons (Fsp3) is 0.0714. The number of nitrogens with zero attached hydrogens (tertiary/aromatic N) is 1. The van der Waals surface area contributed by atoms with Gasteiger partial charge < -0.3 is 5.11 Å². The van der Waals surface area contributed by atoms with Gasteiger partial charge >= 0.3 is 5.97 Å². The Morgan fingerprint density at radius 2 is 2.16 bits per heavy atom. The maximum absolute atomic E-state index is 10.8. The van der Waals surface area contributed by atoms with E-state index in [2.05, 4.69) is 4.98 Å². The predicted molar refractivity (Wildman–Crippen MR) is 74.0 cm³/mol. The molecule has 0 aromatic carbocycles. The van der Waals surface area contributed by atoms with Crippen LogP contribution in [0.15, 0.2) is 36.0 Å². The van der Waals surface area contributed by atoms with E-state index in [0.29, 0.717) is 6.29 Å². The molecule has 5 heteroatoms. The van der Waals surface area contributed by atoms with E-state index in [1.54, 1.807) is 12.3 Å². The lowest BCUT2D eigenvalue weighted by atomic mass is 10.2. The molecule has 96 valence electrons. The van der Waals surface area contributed by atoms with E-state index in [0.717, 1.165) is 21.0 Å². The standard InChI is InChI=1S/C14H11NO3S/c1-9-6-10(4-5-15-9)13-3-2-12(19-13)7-11(8-16)14(17)18/h2-8H,1H3,(H,17,18)/b11-7-. The van der Waals surface area contributed by atoms with Gasteiger partial charge in [0.25, 0.3) is 0 Å². The van der Waals surface area contributed by atoms with Gasteiger partial charge in [0.15, 0.2) is 6.29 Å². The van der Waals surface area contributed by atoms with Crippen LogP contribution in [0.2, 0.25) is 0 Å². The van der Waals surface area contributed by atoms with Crippen molar-refractivity contribution in [3.8, 4) is 10.4 Å². The Labute approximate surface area is 114 Å². The molecule has 0 bridgehead atoms. The van der Waals surface area contributed by atoms with Crippen molar-refractivity contribution in [2.45, 2.75) is 6.92 Å². The average molecular weight is 273 g/mol. The SMILES string of the molecule is Cc1cc(-c2ccc(/C=C(/C=O)C(=O)O)s2)ccn1. The minimum Gasteiger partial charge on any atom is -0.478 e. The van der Waals surface area contributed by atoms with Crippen LogP contribution < -0.4 is 0 Å². The number of carboxylic acids is 1. The van der Waals surface area contributed by atoms with Crippen molar-refractivity contribution in [1.82, 2.24) is 4.98 Å². The lowest BCUT2D eigenvalue weighted by Crippen LogP contribution is -2.00. The van der Waals surface area contributed by atoms with E-state index in [9.17, 15) is 9.59 Å². The lowest BCUT2D eigenvalue weighted by Gasteiger charge is -1.97. The zero-order valence-electron chi connectivity index (χ0n) is 10.2. The fourth-order valence-corrected chi connectivity index (χ4v) is 2.54. The Balaban J connectivity index is 2.34. The van der Waals surface area contributed by atoms with Crippen molar-refractivity contribution in [3.63, 3.8) is 0 Å². The Hall–Kier alpha value is -2.27. The van der Waals surface area contributed by atoms with Crippen molar-refractivity contribution in [1.29, 1.82) is 0 Å². The number of rotatable bonds is 4. The number of hydrogen-bond donors (Lipinski definition) is 1. The van der Waals surface area contributed by atoms with E-state index in [1.807, 2.05) is 25.1 Å². The molecule has 0 amide bonds. The second kappa shape index (κ2) is 5.58. The summed E-state index contributed by atoms with van der Waals surface area (Å²) in [6.07, 6.45) is 3.45. The van der Waals surface area contributed by atoms with Crippen molar-refractivity contribution < 1.29 is 14.7 Å². The third-order valence-electron chi connectivity index (χ3n) is 2.48. The molecule has 0 aliphatic rings. The monoisotopic (exact) mass is 273 g/mol. The minimum atomic E-state index is -1.22. The Morgan fingerprint density at radius 1 is 1.37 bits per heavy atom. The van der Waals surface area contributed by atoms with Gasteiger partial charge in [-0.3, -0.25) is 9.78 Å². The highest BCUT2D eigenvalue weighted by molar-refractivity contribution is 7.16. The van der Waals surface area contributed by atoms with Gasteiger partial charge in [-0.2, -0.15) is 0 Å². The summed E-state index contributed by atoms with van der Waals surface area (Å²) in [5.74, 6) is -1.22. The quantitative estimate of drug-likeness (QED) is 0.402. The average Bonchev–Trinajstić information content (AvgIpc) is 2.84. The summed E-state index contributed by atoms with van der Waals surface area (Å²) in [6.45, 7) is 1.91. The minimum absolute atomic E-state index is 0.251. The van der Waals surface area contributed by atoms with Crippen LogP contribution in [0.1, 0.15) is 10.6 Å². The predicted octanol–water partition coefficient (Wildman–Crippen LogP) is 2.79. The van der Waals surface area contributed by atoms with E-state index >= 15 is 0 Å². The number of carbonyl (C=O) groups is 2. The van der Waals surface area contributed by atoms with Gasteiger partial charge in [0, 0.05) is 21.6 Å². The van der Waals surface area contributed by atoms with Gasteiger partial charge in [-0.15, -0.1) is 11.3 Å². The highest BCUT2D eigenvalue weighted by Gasteiger charge is 2.07. The maximum Gasteiger partial charge on any atom is 0.339 e. The molecular weight excluding hydrogens is 262 g/mol. The van der Waals surface area contributed by atoms with Gasteiger partial charge in [0.1, 0.15) is 5.57 Å². The number of aldehydes is 1. The first kappa shape index (κ1) is 13.2. The van der Waals surface area contributed by atoms with Gasteiger partial charge in [0.05, 0.1) is 0 Å². The van der Waals surface area contributed by atoms with Gasteiger partial charge in [-0.05, 0) is 42.8 Å². The first-order chi connectivity index (χ1) is 9.10. The topological polar surface area (TPSA) is 67.3 Å². The van der Waals surface area contributed by atoms with Crippen molar-refractivity contribution in [3.05, 3.63) is 46.6 Å². The third kappa shape index (κ3) is 3.14. The van der Waals surface area contributed by atoms with Crippen molar-refractivity contribution >= 4 is 29.7 Å². The molecule has 0 radical (unpaired) electrons. The van der Waals surface area contributed by atoms with Gasteiger partial charge in [-0.1, -0.05) is 0 Å². The van der Waals surface area contributed by atoms with Crippen molar-refractivity contribution in [2.24, 2.45) is 0 Å². The van der Waals surface area contributed by atoms with Crippen LogP contribution >= 0.6 is 11.3 Å². The summed E-state index contributed by atoms with van der Waals surface area (Å²) in [7, 11) is 0. The molecule has 19 heavy (non-hydrogen) atoms. The summed E-state index contributed by atoms with van der Waals surface area (Å²) < 4.78 is 0. The number of pyridine rings is 1. The largest absolute Gasteiger partial charge is 0.478 e. The number of carboxylic acid groups (broad SMARTS) is 1. The van der Waals surface area contributed by atoms with Gasteiger partial charge in [0.2, 0.25) is 0 Å². The first-order valence-electron chi connectivity index (χ1n) is 5.53. The first-order valence-corrected chi connectivity index (χ1v) is 6.35. The van der Waals surface area contributed by atoms with E-state index in [-0.39, 0.29) is 5.57 Å². The van der Waals surface area contributed by atoms with Gasteiger partial charge in [-0.25, -0.2) is 4.79 Å².